The number of ether oxygens (including phenoxy) is 1. The van der Waals surface area contributed by atoms with Gasteiger partial charge >= 0.3 is 6.03 Å². The molecule has 5 nitrogen and oxygen atoms in total. The number of nitrogens with zero attached hydrogens (tertiary/aromatic N) is 1. The van der Waals surface area contributed by atoms with Gasteiger partial charge in [0.05, 0.1) is 6.54 Å². The van der Waals surface area contributed by atoms with Gasteiger partial charge in [0.25, 0.3) is 0 Å². The highest BCUT2D eigenvalue weighted by Crippen LogP contribution is 2.22. The van der Waals surface area contributed by atoms with E-state index in [0.29, 0.717) is 19.4 Å². The van der Waals surface area contributed by atoms with E-state index < -0.39 is 17.4 Å². The number of amides is 2. The van der Waals surface area contributed by atoms with Crippen molar-refractivity contribution in [2.75, 3.05) is 26.2 Å². The van der Waals surface area contributed by atoms with Crippen molar-refractivity contribution in [1.29, 1.82) is 0 Å². The highest BCUT2D eigenvalue weighted by molar-refractivity contribution is 5.76. The van der Waals surface area contributed by atoms with Crippen molar-refractivity contribution >= 4 is 12.3 Å². The van der Waals surface area contributed by atoms with E-state index in [1.54, 1.807) is 0 Å². The minimum atomic E-state index is -0.937. The quantitative estimate of drug-likeness (QED) is 0.817. The molecule has 0 atom stereocenters. The molecule has 0 unspecified atom stereocenters. The van der Waals surface area contributed by atoms with Crippen molar-refractivity contribution < 1.29 is 23.1 Å². The lowest BCUT2D eigenvalue weighted by Gasteiger charge is -2.15. The molecule has 1 fully saturated rings. The van der Waals surface area contributed by atoms with Gasteiger partial charge in [0.15, 0.2) is 17.4 Å². The van der Waals surface area contributed by atoms with Crippen molar-refractivity contribution in [2.24, 2.45) is 0 Å². The molecule has 19 heavy (non-hydrogen) atoms. The van der Waals surface area contributed by atoms with Crippen molar-refractivity contribution in [2.45, 2.75) is 0 Å². The molecule has 1 N–H and O–H groups in total. The Kier molecular flexibility index (Phi) is 3.94. The topological polar surface area (TPSA) is 58.6 Å². The molecule has 0 bridgehead atoms. The molecule has 0 aliphatic carbocycles. The monoisotopic (exact) mass is 270 g/mol. The molecule has 1 saturated heterocycles. The highest BCUT2D eigenvalue weighted by Gasteiger charge is 2.19. The van der Waals surface area contributed by atoms with Crippen LogP contribution in [0.1, 0.15) is 10.4 Å². The van der Waals surface area contributed by atoms with Gasteiger partial charge in [-0.1, -0.05) is 0 Å². The second kappa shape index (κ2) is 5.64. The van der Waals surface area contributed by atoms with Gasteiger partial charge in [0.1, 0.15) is 12.9 Å². The van der Waals surface area contributed by atoms with E-state index in [1.165, 1.54) is 4.90 Å². The molecule has 0 aromatic heterocycles. The molecule has 2 amide bonds. The average molecular weight is 270 g/mol. The second-order valence-electron chi connectivity index (χ2n) is 4.00. The number of hydrogen-bond acceptors (Lipinski definition) is 3. The first-order chi connectivity index (χ1) is 9.11. The molecule has 0 radical (unpaired) electrons. The van der Waals surface area contributed by atoms with Gasteiger partial charge in [-0.2, -0.15) is 0 Å². The van der Waals surface area contributed by atoms with Gasteiger partial charge < -0.3 is 15.0 Å². The van der Waals surface area contributed by atoms with E-state index in [9.17, 15) is 18.4 Å². The van der Waals surface area contributed by atoms with Crippen LogP contribution in [0.3, 0.4) is 0 Å². The van der Waals surface area contributed by atoms with E-state index in [2.05, 4.69) is 5.32 Å². The average Bonchev–Trinajstić information content (AvgIpc) is 2.78. The van der Waals surface area contributed by atoms with E-state index in [-0.39, 0.29) is 24.7 Å². The Morgan fingerprint density at radius 2 is 2.05 bits per heavy atom. The summed E-state index contributed by atoms with van der Waals surface area (Å²) in [6.07, 6.45) is 0.352. The number of carbonyl (C=O) groups is 2. The predicted molar refractivity (Wildman–Crippen MR) is 62.2 cm³/mol. The molecule has 7 heteroatoms. The first-order valence-corrected chi connectivity index (χ1v) is 5.71. The fourth-order valence-electron chi connectivity index (χ4n) is 1.77. The maximum absolute atomic E-state index is 13.5. The Bertz CT molecular complexity index is 485. The fraction of sp³-hybridized carbons (Fsp3) is 0.333. The summed E-state index contributed by atoms with van der Waals surface area (Å²) in [5.41, 5.74) is -0.0960. The number of nitrogens with one attached hydrogen (secondary N) is 1. The van der Waals surface area contributed by atoms with Crippen LogP contribution in [-0.2, 0) is 0 Å². The second-order valence-corrected chi connectivity index (χ2v) is 4.00. The SMILES string of the molecule is O=Cc1cc(F)c(OCCN2CCNC2=O)c(F)c1. The first-order valence-electron chi connectivity index (χ1n) is 5.71. The zero-order valence-electron chi connectivity index (χ0n) is 9.99. The van der Waals surface area contributed by atoms with Crippen molar-refractivity contribution in [3.8, 4) is 5.75 Å². The third-order valence-corrected chi connectivity index (χ3v) is 2.71. The standard InChI is InChI=1S/C12H12F2N2O3/c13-9-5-8(7-17)6-10(14)11(9)19-4-3-16-2-1-15-12(16)18/h5-7H,1-4H2,(H,15,18). The Morgan fingerprint density at radius 3 is 2.58 bits per heavy atom. The van der Waals surface area contributed by atoms with E-state index in [0.717, 1.165) is 12.1 Å². The summed E-state index contributed by atoms with van der Waals surface area (Å²) in [7, 11) is 0. The zero-order valence-corrected chi connectivity index (χ0v) is 9.99. The number of hydrogen-bond donors (Lipinski definition) is 1. The maximum atomic E-state index is 13.5. The summed E-state index contributed by atoms with van der Waals surface area (Å²) in [5, 5.41) is 2.60. The van der Waals surface area contributed by atoms with Gasteiger partial charge in [0.2, 0.25) is 0 Å². The Morgan fingerprint density at radius 1 is 1.37 bits per heavy atom. The smallest absolute Gasteiger partial charge is 0.317 e. The van der Waals surface area contributed by atoms with Crippen molar-refractivity contribution in [3.63, 3.8) is 0 Å². The highest BCUT2D eigenvalue weighted by atomic mass is 19.1. The molecule has 2 rings (SSSR count). The van der Waals surface area contributed by atoms with Crippen molar-refractivity contribution in [1.82, 2.24) is 10.2 Å². The lowest BCUT2D eigenvalue weighted by Crippen LogP contribution is -2.32. The van der Waals surface area contributed by atoms with Crippen LogP contribution < -0.4 is 10.1 Å². The number of halogens is 2. The maximum Gasteiger partial charge on any atom is 0.317 e. The van der Waals surface area contributed by atoms with Crippen LogP contribution in [0.25, 0.3) is 0 Å². The first kappa shape index (κ1) is 13.3. The molecule has 0 saturated carbocycles. The molecule has 1 aliphatic heterocycles. The van der Waals surface area contributed by atoms with Crippen LogP contribution in [0.2, 0.25) is 0 Å². The predicted octanol–water partition coefficient (Wildman–Crippen LogP) is 1.18. The van der Waals surface area contributed by atoms with Gasteiger partial charge in [-0.3, -0.25) is 4.79 Å². The summed E-state index contributed by atoms with van der Waals surface area (Å²) in [6, 6.07) is 1.57. The minimum absolute atomic E-state index is 0.0261. The van der Waals surface area contributed by atoms with E-state index in [4.69, 9.17) is 4.74 Å². The van der Waals surface area contributed by atoms with Crippen LogP contribution in [-0.4, -0.2) is 43.5 Å². The molecule has 1 aromatic carbocycles. The van der Waals surface area contributed by atoms with Gasteiger partial charge in [-0.15, -0.1) is 0 Å². The number of aldehydes is 1. The molecule has 1 aliphatic rings. The number of urea groups is 1. The third kappa shape index (κ3) is 2.98. The zero-order chi connectivity index (χ0) is 13.8. The largest absolute Gasteiger partial charge is 0.486 e. The molecule has 102 valence electrons. The Hall–Kier alpha value is -2.18. The third-order valence-electron chi connectivity index (χ3n) is 2.71. The lowest BCUT2D eigenvalue weighted by molar-refractivity contribution is 0.112. The molecule has 1 aromatic rings. The van der Waals surface area contributed by atoms with Crippen LogP contribution in [0.15, 0.2) is 12.1 Å². The van der Waals surface area contributed by atoms with Crippen LogP contribution in [0.5, 0.6) is 5.75 Å². The number of rotatable bonds is 5. The lowest BCUT2D eigenvalue weighted by atomic mass is 10.2. The fourth-order valence-corrected chi connectivity index (χ4v) is 1.77. The van der Waals surface area contributed by atoms with Crippen LogP contribution in [0.4, 0.5) is 13.6 Å². The van der Waals surface area contributed by atoms with Gasteiger partial charge in [0, 0.05) is 18.7 Å². The normalized spacial score (nSPS) is 14.4. The summed E-state index contributed by atoms with van der Waals surface area (Å²) in [5.74, 6) is -2.41. The van der Waals surface area contributed by atoms with Crippen LogP contribution in [0, 0.1) is 11.6 Å². The number of carbonyl (C=O) groups excluding carboxylic acids is 2. The number of benzene rings is 1. The van der Waals surface area contributed by atoms with E-state index >= 15 is 0 Å². The summed E-state index contributed by atoms with van der Waals surface area (Å²) in [4.78, 5) is 23.1. The summed E-state index contributed by atoms with van der Waals surface area (Å²) < 4.78 is 31.9. The Labute approximate surface area is 108 Å². The Balaban J connectivity index is 1.96. The van der Waals surface area contributed by atoms with Crippen molar-refractivity contribution in [3.05, 3.63) is 29.3 Å². The summed E-state index contributed by atoms with van der Waals surface area (Å²) >= 11 is 0. The van der Waals surface area contributed by atoms with E-state index in [1.807, 2.05) is 0 Å². The van der Waals surface area contributed by atoms with Crippen LogP contribution >= 0.6 is 0 Å². The molecular formula is C12H12F2N2O3. The van der Waals surface area contributed by atoms with Gasteiger partial charge in [-0.25, -0.2) is 13.6 Å². The molecule has 0 spiro atoms. The molecular weight excluding hydrogens is 258 g/mol. The minimum Gasteiger partial charge on any atom is -0.486 e. The summed E-state index contributed by atoms with van der Waals surface area (Å²) in [6.45, 7) is 1.30. The van der Waals surface area contributed by atoms with Gasteiger partial charge in [-0.05, 0) is 12.1 Å². The molecule has 1 heterocycles.